The number of aromatic carboxylic acids is 1. The summed E-state index contributed by atoms with van der Waals surface area (Å²) in [6.45, 7) is 5.62. The summed E-state index contributed by atoms with van der Waals surface area (Å²) >= 11 is 0. The molecule has 21 heavy (non-hydrogen) atoms. The third-order valence-corrected chi connectivity index (χ3v) is 3.29. The average Bonchev–Trinajstić information content (AvgIpc) is 2.72. The number of pyridine rings is 1. The topological polar surface area (TPSA) is 111 Å². The van der Waals surface area contributed by atoms with Crippen molar-refractivity contribution in [2.24, 2.45) is 0 Å². The first kappa shape index (κ1) is 14.6. The molecule has 0 spiro atoms. The Bertz CT molecular complexity index is 736. The number of nitro groups is 1. The van der Waals surface area contributed by atoms with Crippen LogP contribution in [0.2, 0.25) is 0 Å². The molecule has 2 aromatic heterocycles. The van der Waals surface area contributed by atoms with Crippen molar-refractivity contribution in [3.63, 3.8) is 0 Å². The van der Waals surface area contributed by atoms with Gasteiger partial charge in [-0.05, 0) is 25.8 Å². The maximum absolute atomic E-state index is 11.3. The second kappa shape index (κ2) is 5.31. The normalized spacial score (nSPS) is 10.6. The van der Waals surface area contributed by atoms with Crippen LogP contribution in [0.4, 0.5) is 5.69 Å². The quantitative estimate of drug-likeness (QED) is 0.681. The van der Waals surface area contributed by atoms with Crippen molar-refractivity contribution < 1.29 is 14.8 Å². The van der Waals surface area contributed by atoms with E-state index in [-0.39, 0.29) is 17.1 Å². The van der Waals surface area contributed by atoms with Crippen LogP contribution in [0.5, 0.6) is 0 Å². The van der Waals surface area contributed by atoms with E-state index in [1.165, 1.54) is 4.68 Å². The Morgan fingerprint density at radius 1 is 1.48 bits per heavy atom. The summed E-state index contributed by atoms with van der Waals surface area (Å²) in [7, 11) is 0. The molecular formula is C13H14N4O4. The van der Waals surface area contributed by atoms with Crippen molar-refractivity contribution in [2.75, 3.05) is 0 Å². The minimum Gasteiger partial charge on any atom is -0.478 e. The molecule has 0 aliphatic heterocycles. The van der Waals surface area contributed by atoms with Crippen LogP contribution in [0.1, 0.15) is 34.2 Å². The molecule has 0 bridgehead atoms. The molecule has 8 nitrogen and oxygen atoms in total. The van der Waals surface area contributed by atoms with Crippen LogP contribution in [-0.2, 0) is 6.42 Å². The molecule has 0 amide bonds. The standard InChI is InChI=1S/C13H14N4O4/c1-4-10-7(2)15-16(8(10)3)12-11(13(18)19)5-9(6-14-12)17(20)21/h5-6H,4H2,1-3H3,(H,18,19). The molecule has 110 valence electrons. The molecule has 0 radical (unpaired) electrons. The summed E-state index contributed by atoms with van der Waals surface area (Å²) in [6, 6.07) is 0.993. The van der Waals surface area contributed by atoms with Crippen LogP contribution in [0.15, 0.2) is 12.3 Å². The number of hydrogen-bond acceptors (Lipinski definition) is 5. The van der Waals surface area contributed by atoms with Gasteiger partial charge in [-0.3, -0.25) is 10.1 Å². The fraction of sp³-hybridized carbons (Fsp3) is 0.308. The van der Waals surface area contributed by atoms with Gasteiger partial charge in [-0.25, -0.2) is 14.5 Å². The molecule has 8 heteroatoms. The fourth-order valence-corrected chi connectivity index (χ4v) is 2.27. The summed E-state index contributed by atoms with van der Waals surface area (Å²) in [6.07, 6.45) is 1.79. The number of carbonyl (C=O) groups is 1. The lowest BCUT2D eigenvalue weighted by Gasteiger charge is -2.07. The summed E-state index contributed by atoms with van der Waals surface area (Å²) < 4.78 is 1.42. The minimum absolute atomic E-state index is 0.0772. The van der Waals surface area contributed by atoms with Crippen LogP contribution in [0.25, 0.3) is 5.82 Å². The maximum atomic E-state index is 11.3. The minimum atomic E-state index is -1.29. The number of rotatable bonds is 4. The second-order valence-corrected chi connectivity index (χ2v) is 4.54. The van der Waals surface area contributed by atoms with E-state index in [0.717, 1.165) is 35.6 Å². The van der Waals surface area contributed by atoms with Gasteiger partial charge in [0, 0.05) is 11.8 Å². The predicted molar refractivity (Wildman–Crippen MR) is 73.8 cm³/mol. The van der Waals surface area contributed by atoms with E-state index in [2.05, 4.69) is 10.1 Å². The van der Waals surface area contributed by atoms with Gasteiger partial charge in [0.15, 0.2) is 5.82 Å². The van der Waals surface area contributed by atoms with Crippen molar-refractivity contribution in [1.29, 1.82) is 0 Å². The second-order valence-electron chi connectivity index (χ2n) is 4.54. The monoisotopic (exact) mass is 290 g/mol. The highest BCUT2D eigenvalue weighted by atomic mass is 16.6. The van der Waals surface area contributed by atoms with Gasteiger partial charge in [0.2, 0.25) is 0 Å². The average molecular weight is 290 g/mol. The van der Waals surface area contributed by atoms with Crippen LogP contribution in [-0.4, -0.2) is 30.8 Å². The summed E-state index contributed by atoms with van der Waals surface area (Å²) in [5, 5.41) is 24.3. The highest BCUT2D eigenvalue weighted by molar-refractivity contribution is 5.91. The number of aromatic nitrogens is 3. The Hall–Kier alpha value is -2.77. The van der Waals surface area contributed by atoms with E-state index < -0.39 is 10.9 Å². The molecule has 0 aromatic carbocycles. The van der Waals surface area contributed by atoms with Gasteiger partial charge in [0.1, 0.15) is 11.8 Å². The highest BCUT2D eigenvalue weighted by Crippen LogP contribution is 2.22. The van der Waals surface area contributed by atoms with Crippen LogP contribution < -0.4 is 0 Å². The zero-order valence-electron chi connectivity index (χ0n) is 11.8. The van der Waals surface area contributed by atoms with E-state index in [1.807, 2.05) is 20.8 Å². The first-order valence-electron chi connectivity index (χ1n) is 6.30. The van der Waals surface area contributed by atoms with Crippen LogP contribution >= 0.6 is 0 Å². The fourth-order valence-electron chi connectivity index (χ4n) is 2.27. The lowest BCUT2D eigenvalue weighted by molar-refractivity contribution is -0.385. The SMILES string of the molecule is CCc1c(C)nn(-c2ncc([N+](=O)[O-])cc2C(=O)O)c1C. The maximum Gasteiger partial charge on any atom is 0.339 e. The van der Waals surface area contributed by atoms with Gasteiger partial charge in [-0.2, -0.15) is 5.10 Å². The predicted octanol–water partition coefficient (Wildman–Crippen LogP) is 2.05. The van der Waals surface area contributed by atoms with Gasteiger partial charge in [0.25, 0.3) is 5.69 Å². The molecule has 0 fully saturated rings. The summed E-state index contributed by atoms with van der Waals surface area (Å²) in [5.41, 5.74) is 1.95. The third-order valence-electron chi connectivity index (χ3n) is 3.29. The van der Waals surface area contributed by atoms with Crippen molar-refractivity contribution in [1.82, 2.24) is 14.8 Å². The number of carboxylic acids is 1. The third kappa shape index (κ3) is 2.47. The first-order valence-corrected chi connectivity index (χ1v) is 6.30. The van der Waals surface area contributed by atoms with Crippen molar-refractivity contribution in [2.45, 2.75) is 27.2 Å². The summed E-state index contributed by atoms with van der Waals surface area (Å²) in [5.74, 6) is -1.21. The number of nitrogens with zero attached hydrogens (tertiary/aromatic N) is 4. The van der Waals surface area contributed by atoms with E-state index in [1.54, 1.807) is 0 Å². The summed E-state index contributed by atoms with van der Waals surface area (Å²) in [4.78, 5) is 25.3. The van der Waals surface area contributed by atoms with E-state index in [0.29, 0.717) is 0 Å². The Labute approximate surface area is 120 Å². The van der Waals surface area contributed by atoms with Crippen molar-refractivity contribution in [3.05, 3.63) is 44.9 Å². The molecule has 2 rings (SSSR count). The molecule has 0 saturated heterocycles. The lowest BCUT2D eigenvalue weighted by atomic mass is 10.1. The lowest BCUT2D eigenvalue weighted by Crippen LogP contribution is -2.11. The van der Waals surface area contributed by atoms with Crippen LogP contribution in [0, 0.1) is 24.0 Å². The Kier molecular flexibility index (Phi) is 3.70. The molecule has 2 aromatic rings. The zero-order valence-corrected chi connectivity index (χ0v) is 11.8. The number of aryl methyl sites for hydroxylation is 1. The zero-order chi connectivity index (χ0) is 15.7. The van der Waals surface area contributed by atoms with E-state index in [4.69, 9.17) is 0 Å². The van der Waals surface area contributed by atoms with Gasteiger partial charge in [0.05, 0.1) is 10.6 Å². The largest absolute Gasteiger partial charge is 0.478 e. The molecule has 2 heterocycles. The highest BCUT2D eigenvalue weighted by Gasteiger charge is 2.21. The van der Waals surface area contributed by atoms with E-state index in [9.17, 15) is 20.0 Å². The van der Waals surface area contributed by atoms with Crippen molar-refractivity contribution >= 4 is 11.7 Å². The Balaban J connectivity index is 2.69. The molecule has 0 unspecified atom stereocenters. The molecular weight excluding hydrogens is 276 g/mol. The molecule has 1 N–H and O–H groups in total. The van der Waals surface area contributed by atoms with Gasteiger partial charge >= 0.3 is 5.97 Å². The Morgan fingerprint density at radius 3 is 2.62 bits per heavy atom. The van der Waals surface area contributed by atoms with Gasteiger partial charge in [-0.15, -0.1) is 0 Å². The van der Waals surface area contributed by atoms with Gasteiger partial charge < -0.3 is 5.11 Å². The smallest absolute Gasteiger partial charge is 0.339 e. The first-order chi connectivity index (χ1) is 9.86. The molecule has 0 aliphatic carbocycles. The number of carboxylic acid groups (broad SMARTS) is 1. The molecule has 0 aliphatic rings. The van der Waals surface area contributed by atoms with Crippen LogP contribution in [0.3, 0.4) is 0 Å². The number of hydrogen-bond donors (Lipinski definition) is 1. The molecule has 0 saturated carbocycles. The van der Waals surface area contributed by atoms with E-state index >= 15 is 0 Å². The van der Waals surface area contributed by atoms with Crippen molar-refractivity contribution in [3.8, 4) is 5.82 Å². The molecule has 0 atom stereocenters. The Morgan fingerprint density at radius 2 is 2.14 bits per heavy atom. The van der Waals surface area contributed by atoms with Gasteiger partial charge in [-0.1, -0.05) is 6.92 Å².